The minimum absolute atomic E-state index is 0. The van der Waals surface area contributed by atoms with Crippen LogP contribution in [0.5, 0.6) is 0 Å². The van der Waals surface area contributed by atoms with Gasteiger partial charge in [0.2, 0.25) is 0 Å². The van der Waals surface area contributed by atoms with E-state index in [9.17, 15) is 19.2 Å². The summed E-state index contributed by atoms with van der Waals surface area (Å²) in [6, 6.07) is 0. The molecule has 0 saturated carbocycles. The largest absolute Gasteiger partial charge is 1.00 e. The molecule has 0 aliphatic heterocycles. The third kappa shape index (κ3) is 19.4. The fourth-order valence-electron chi connectivity index (χ4n) is 2.02. The maximum Gasteiger partial charge on any atom is 0.311 e. The molecule has 0 aliphatic carbocycles. The molecule has 9 heteroatoms. The molecular weight excluding hydrogens is 580 g/mol. The Hall–Kier alpha value is -1.64. The van der Waals surface area contributed by atoms with Crippen LogP contribution >= 0.6 is 0 Å². The summed E-state index contributed by atoms with van der Waals surface area (Å²) in [5, 5.41) is 0. The lowest BCUT2D eigenvalue weighted by Gasteiger charge is -2.22. The van der Waals surface area contributed by atoms with Gasteiger partial charge in [0.1, 0.15) is 13.2 Å². The van der Waals surface area contributed by atoms with Gasteiger partial charge in [0, 0.05) is 0 Å². The van der Waals surface area contributed by atoms with Crippen LogP contribution in [0.25, 0.3) is 0 Å². The number of halogens is 1. The van der Waals surface area contributed by atoms with E-state index in [0.717, 1.165) is 25.7 Å². The maximum atomic E-state index is 11.6. The second kappa shape index (κ2) is 22.0. The Morgan fingerprint density at radius 3 is 0.925 bits per heavy atom. The molecule has 0 heterocycles. The summed E-state index contributed by atoms with van der Waals surface area (Å²) in [4.78, 5) is 45.5. The van der Waals surface area contributed by atoms with Crippen molar-refractivity contribution in [3.63, 3.8) is 0 Å². The Kier molecular flexibility index (Phi) is 25.0. The predicted molar refractivity (Wildman–Crippen MR) is 156 cm³/mol. The smallest absolute Gasteiger partial charge is 0.311 e. The van der Waals surface area contributed by atoms with E-state index >= 15 is 0 Å². The summed E-state index contributed by atoms with van der Waals surface area (Å²) >= 11 is 0. The number of ether oxygens (including phenoxy) is 4. The van der Waals surface area contributed by atoms with Gasteiger partial charge in [-0.25, -0.2) is 0 Å². The summed E-state index contributed by atoms with van der Waals surface area (Å²) in [5.74, 6) is -0.713. The average Bonchev–Trinajstić information content (AvgIpc) is 2.90. The van der Waals surface area contributed by atoms with Crippen molar-refractivity contribution in [2.24, 2.45) is 21.7 Å². The minimum atomic E-state index is -0.479. The Morgan fingerprint density at radius 2 is 0.725 bits per heavy atom. The van der Waals surface area contributed by atoms with Crippen LogP contribution in [0.3, 0.4) is 0 Å². The standard InChI is InChI=1S/C14H26O4.C10H20O2.C7H14O2.BrH/c1-7-13(3,4)11(15)17-9-10-18-12(16)14(5,6)8-2;1-5-7-8-12-9(11)10(3,4)6-2;1-5-7(2,3)6(8)9-4;/h7-10H2,1-6H3;5-8H2,1-4H3;5H2,1-4H3;1H/p-1. The molecule has 40 heavy (non-hydrogen) atoms. The van der Waals surface area contributed by atoms with Crippen molar-refractivity contribution in [2.75, 3.05) is 26.9 Å². The van der Waals surface area contributed by atoms with E-state index in [2.05, 4.69) is 11.7 Å². The minimum Gasteiger partial charge on any atom is -1.00 e. The van der Waals surface area contributed by atoms with Crippen LogP contribution in [0.4, 0.5) is 0 Å². The molecule has 0 radical (unpaired) electrons. The van der Waals surface area contributed by atoms with E-state index in [4.69, 9.17) is 14.2 Å². The number of unbranched alkanes of at least 4 members (excludes halogenated alkanes) is 1. The van der Waals surface area contributed by atoms with E-state index in [0.29, 0.717) is 19.4 Å². The highest BCUT2D eigenvalue weighted by Gasteiger charge is 2.29. The molecule has 240 valence electrons. The van der Waals surface area contributed by atoms with Gasteiger partial charge in [-0.1, -0.05) is 41.0 Å². The Bertz CT molecular complexity index is 697. The molecule has 0 aromatic rings. The normalized spacial score (nSPS) is 11.3. The van der Waals surface area contributed by atoms with Crippen LogP contribution in [0.2, 0.25) is 0 Å². The summed E-state index contributed by atoms with van der Waals surface area (Å²) in [5.41, 5.74) is -1.58. The lowest BCUT2D eigenvalue weighted by molar-refractivity contribution is -0.163. The highest BCUT2D eigenvalue weighted by atomic mass is 79.9. The third-order valence-corrected chi connectivity index (χ3v) is 7.21. The summed E-state index contributed by atoms with van der Waals surface area (Å²) in [7, 11) is 1.42. The Balaban J connectivity index is -0.000000256. The summed E-state index contributed by atoms with van der Waals surface area (Å²) in [6.07, 6.45) is 5.12. The van der Waals surface area contributed by atoms with Crippen molar-refractivity contribution in [2.45, 2.75) is 129 Å². The van der Waals surface area contributed by atoms with Crippen LogP contribution in [0.15, 0.2) is 0 Å². The summed E-state index contributed by atoms with van der Waals surface area (Å²) < 4.78 is 19.8. The second-order valence-electron chi connectivity index (χ2n) is 12.2. The molecule has 0 aromatic heterocycles. The van der Waals surface area contributed by atoms with Gasteiger partial charge in [-0.15, -0.1) is 0 Å². The van der Waals surface area contributed by atoms with Gasteiger partial charge in [0.15, 0.2) is 0 Å². The van der Waals surface area contributed by atoms with Gasteiger partial charge in [-0.05, 0) is 87.5 Å². The quantitative estimate of drug-likeness (QED) is 0.157. The molecule has 0 N–H and O–H groups in total. The van der Waals surface area contributed by atoms with Gasteiger partial charge in [0.25, 0.3) is 0 Å². The number of esters is 4. The molecular formula is C31H60BrO8-. The van der Waals surface area contributed by atoms with Crippen molar-refractivity contribution in [1.29, 1.82) is 0 Å². The number of hydrogen-bond acceptors (Lipinski definition) is 8. The number of hydrogen-bond donors (Lipinski definition) is 0. The van der Waals surface area contributed by atoms with Gasteiger partial charge >= 0.3 is 23.9 Å². The number of carbonyl (C=O) groups is 4. The molecule has 0 amide bonds. The molecule has 0 bridgehead atoms. The molecule has 0 rings (SSSR count). The van der Waals surface area contributed by atoms with Crippen LogP contribution < -0.4 is 17.0 Å². The molecule has 0 atom stereocenters. The monoisotopic (exact) mass is 639 g/mol. The zero-order valence-corrected chi connectivity index (χ0v) is 29.6. The van der Waals surface area contributed by atoms with Crippen LogP contribution in [-0.2, 0) is 38.1 Å². The molecule has 0 aromatic carbocycles. The molecule has 0 spiro atoms. The van der Waals surface area contributed by atoms with Gasteiger partial charge in [0.05, 0.1) is 35.4 Å². The van der Waals surface area contributed by atoms with E-state index < -0.39 is 10.8 Å². The van der Waals surface area contributed by atoms with E-state index in [1.165, 1.54) is 7.11 Å². The summed E-state index contributed by atoms with van der Waals surface area (Å²) in [6.45, 7) is 25.7. The fraction of sp³-hybridized carbons (Fsp3) is 0.871. The zero-order valence-electron chi connectivity index (χ0n) is 28.0. The van der Waals surface area contributed by atoms with E-state index in [-0.39, 0.29) is 64.9 Å². The van der Waals surface area contributed by atoms with Crippen molar-refractivity contribution in [1.82, 2.24) is 0 Å². The SMILES string of the molecule is CCC(C)(C)C(=O)OC.CCC(C)(C)C(=O)OCCOC(=O)C(C)(C)CC.CCCCOC(=O)C(C)(C)CC.[Br-]. The lowest BCUT2D eigenvalue weighted by atomic mass is 9.90. The molecule has 0 unspecified atom stereocenters. The first-order chi connectivity index (χ1) is 17.8. The van der Waals surface area contributed by atoms with Crippen molar-refractivity contribution in [3.8, 4) is 0 Å². The van der Waals surface area contributed by atoms with E-state index in [1.54, 1.807) is 0 Å². The highest BCUT2D eigenvalue weighted by molar-refractivity contribution is 5.77. The lowest BCUT2D eigenvalue weighted by Crippen LogP contribution is -3.00. The molecule has 0 fully saturated rings. The maximum absolute atomic E-state index is 11.6. The average molecular weight is 641 g/mol. The third-order valence-electron chi connectivity index (χ3n) is 7.21. The first-order valence-electron chi connectivity index (χ1n) is 14.4. The van der Waals surface area contributed by atoms with Crippen molar-refractivity contribution in [3.05, 3.63) is 0 Å². The second-order valence-corrected chi connectivity index (χ2v) is 12.2. The Morgan fingerprint density at radius 1 is 0.475 bits per heavy atom. The van der Waals surface area contributed by atoms with Crippen LogP contribution in [-0.4, -0.2) is 50.8 Å². The van der Waals surface area contributed by atoms with E-state index in [1.807, 2.05) is 83.1 Å². The van der Waals surface area contributed by atoms with Crippen molar-refractivity contribution < 1.29 is 55.1 Å². The molecule has 0 aliphatic rings. The van der Waals surface area contributed by atoms with Gasteiger partial charge in [-0.2, -0.15) is 0 Å². The number of methoxy groups -OCH3 is 1. The molecule has 0 saturated heterocycles. The zero-order chi connectivity index (χ0) is 31.5. The highest BCUT2D eigenvalue weighted by Crippen LogP contribution is 2.23. The topological polar surface area (TPSA) is 105 Å². The number of carbonyl (C=O) groups excluding carboxylic acids is 4. The molecule has 8 nitrogen and oxygen atoms in total. The Labute approximate surface area is 255 Å². The first-order valence-corrected chi connectivity index (χ1v) is 14.4. The number of rotatable bonds is 14. The van der Waals surface area contributed by atoms with Gasteiger partial charge < -0.3 is 35.9 Å². The van der Waals surface area contributed by atoms with Crippen molar-refractivity contribution >= 4 is 23.9 Å². The van der Waals surface area contributed by atoms with Crippen LogP contribution in [0.1, 0.15) is 129 Å². The van der Waals surface area contributed by atoms with Crippen LogP contribution in [0, 0.1) is 21.7 Å². The van der Waals surface area contributed by atoms with Gasteiger partial charge in [-0.3, -0.25) is 19.2 Å². The first kappa shape index (κ1) is 45.4. The predicted octanol–water partition coefficient (Wildman–Crippen LogP) is 4.31. The fourth-order valence-corrected chi connectivity index (χ4v) is 2.02.